The average Bonchev–Trinajstić information content (AvgIpc) is 2.21. The standard InChI is InChI=1S/C16H25ClFN/c1-15(2,3)19-10-9-16(4,5)11-12-13(17)7-6-8-14(12)18/h6-8,19H,9-11H2,1-5H3. The Morgan fingerprint density at radius 1 is 1.16 bits per heavy atom. The molecule has 1 rings (SSSR count). The molecule has 0 fully saturated rings. The quantitative estimate of drug-likeness (QED) is 0.817. The SMILES string of the molecule is CC(C)(CCNC(C)(C)C)Cc1c(F)cccc1Cl. The van der Waals surface area contributed by atoms with Crippen LogP contribution in [0.25, 0.3) is 0 Å². The van der Waals surface area contributed by atoms with Gasteiger partial charge >= 0.3 is 0 Å². The van der Waals surface area contributed by atoms with Crippen LogP contribution in [-0.4, -0.2) is 12.1 Å². The maximum Gasteiger partial charge on any atom is 0.127 e. The molecule has 0 radical (unpaired) electrons. The highest BCUT2D eigenvalue weighted by Crippen LogP contribution is 2.30. The van der Waals surface area contributed by atoms with E-state index in [2.05, 4.69) is 39.9 Å². The number of hydrogen-bond acceptors (Lipinski definition) is 1. The molecule has 1 aromatic rings. The molecular weight excluding hydrogens is 261 g/mol. The topological polar surface area (TPSA) is 12.0 Å². The summed E-state index contributed by atoms with van der Waals surface area (Å²) in [7, 11) is 0. The smallest absolute Gasteiger partial charge is 0.127 e. The molecule has 0 spiro atoms. The third-order valence-electron chi connectivity index (χ3n) is 3.17. The Labute approximate surface area is 121 Å². The average molecular weight is 286 g/mol. The normalized spacial score (nSPS) is 12.8. The Balaban J connectivity index is 2.64. The molecule has 0 aliphatic carbocycles. The summed E-state index contributed by atoms with van der Waals surface area (Å²) in [6.07, 6.45) is 1.64. The predicted molar refractivity (Wildman–Crippen MR) is 81.3 cm³/mol. The lowest BCUT2D eigenvalue weighted by molar-refractivity contribution is 0.299. The summed E-state index contributed by atoms with van der Waals surface area (Å²) in [6.45, 7) is 11.7. The molecule has 0 aliphatic rings. The number of hydrogen-bond donors (Lipinski definition) is 1. The first-order valence-electron chi connectivity index (χ1n) is 6.79. The Morgan fingerprint density at radius 2 is 1.79 bits per heavy atom. The molecule has 19 heavy (non-hydrogen) atoms. The van der Waals surface area contributed by atoms with Crippen LogP contribution in [0.15, 0.2) is 18.2 Å². The van der Waals surface area contributed by atoms with E-state index in [-0.39, 0.29) is 16.8 Å². The van der Waals surface area contributed by atoms with Gasteiger partial charge in [0.15, 0.2) is 0 Å². The molecule has 0 heterocycles. The van der Waals surface area contributed by atoms with Crippen LogP contribution in [0.4, 0.5) is 4.39 Å². The summed E-state index contributed by atoms with van der Waals surface area (Å²) in [5.74, 6) is -0.204. The Kier molecular flexibility index (Phi) is 5.40. The van der Waals surface area contributed by atoms with E-state index in [9.17, 15) is 4.39 Å². The lowest BCUT2D eigenvalue weighted by Gasteiger charge is -2.28. The fraction of sp³-hybridized carbons (Fsp3) is 0.625. The van der Waals surface area contributed by atoms with E-state index in [1.54, 1.807) is 12.1 Å². The molecule has 0 bridgehead atoms. The second-order valence-corrected chi connectivity index (χ2v) is 7.38. The van der Waals surface area contributed by atoms with E-state index in [1.165, 1.54) is 6.07 Å². The van der Waals surface area contributed by atoms with Crippen molar-refractivity contribution in [2.24, 2.45) is 5.41 Å². The van der Waals surface area contributed by atoms with Gasteiger partial charge in [0.2, 0.25) is 0 Å². The van der Waals surface area contributed by atoms with Crippen molar-refractivity contribution in [1.29, 1.82) is 0 Å². The fourth-order valence-electron chi connectivity index (χ4n) is 2.04. The van der Waals surface area contributed by atoms with E-state index in [4.69, 9.17) is 11.6 Å². The van der Waals surface area contributed by atoms with Crippen LogP contribution in [0.1, 0.15) is 46.6 Å². The summed E-state index contributed by atoms with van der Waals surface area (Å²) < 4.78 is 13.8. The molecule has 108 valence electrons. The molecule has 0 unspecified atom stereocenters. The fourth-order valence-corrected chi connectivity index (χ4v) is 2.27. The van der Waals surface area contributed by atoms with Crippen LogP contribution in [0.3, 0.4) is 0 Å². The molecule has 0 aromatic heterocycles. The zero-order valence-corrected chi connectivity index (χ0v) is 13.4. The molecule has 0 amide bonds. The van der Waals surface area contributed by atoms with E-state index in [1.807, 2.05) is 0 Å². The van der Waals surface area contributed by atoms with Crippen molar-refractivity contribution in [3.05, 3.63) is 34.6 Å². The minimum atomic E-state index is -0.204. The van der Waals surface area contributed by atoms with E-state index in [0.717, 1.165) is 13.0 Å². The predicted octanol–water partition coefficient (Wildman–Crippen LogP) is 4.83. The van der Waals surface area contributed by atoms with Gasteiger partial charge in [-0.2, -0.15) is 0 Å². The van der Waals surface area contributed by atoms with Crippen molar-refractivity contribution >= 4 is 11.6 Å². The van der Waals surface area contributed by atoms with Gasteiger partial charge in [-0.1, -0.05) is 31.5 Å². The molecule has 3 heteroatoms. The van der Waals surface area contributed by atoms with E-state index >= 15 is 0 Å². The third-order valence-corrected chi connectivity index (χ3v) is 3.53. The summed E-state index contributed by atoms with van der Waals surface area (Å²) >= 11 is 6.09. The molecule has 1 aromatic carbocycles. The van der Waals surface area contributed by atoms with Crippen molar-refractivity contribution in [3.8, 4) is 0 Å². The van der Waals surface area contributed by atoms with Gasteiger partial charge < -0.3 is 5.32 Å². The number of rotatable bonds is 5. The van der Waals surface area contributed by atoms with E-state index < -0.39 is 0 Å². The first kappa shape index (κ1) is 16.5. The van der Waals surface area contributed by atoms with Crippen molar-refractivity contribution in [1.82, 2.24) is 5.32 Å². The first-order chi connectivity index (χ1) is 8.61. The molecule has 0 saturated carbocycles. The van der Waals surface area contributed by atoms with Crippen LogP contribution in [0.2, 0.25) is 5.02 Å². The lowest BCUT2D eigenvalue weighted by atomic mass is 9.82. The van der Waals surface area contributed by atoms with Gasteiger partial charge in [0.25, 0.3) is 0 Å². The summed E-state index contributed by atoms with van der Waals surface area (Å²) in [5.41, 5.74) is 0.764. The first-order valence-corrected chi connectivity index (χ1v) is 7.16. The number of nitrogens with one attached hydrogen (secondary N) is 1. The summed E-state index contributed by atoms with van der Waals surface area (Å²) in [4.78, 5) is 0. The van der Waals surface area contributed by atoms with Gasteiger partial charge in [-0.15, -0.1) is 0 Å². The number of benzene rings is 1. The molecule has 0 aliphatic heterocycles. The van der Waals surface area contributed by atoms with Crippen molar-refractivity contribution in [2.75, 3.05) is 6.54 Å². The Bertz CT molecular complexity index is 401. The van der Waals surface area contributed by atoms with E-state index in [0.29, 0.717) is 17.0 Å². The maximum absolute atomic E-state index is 13.8. The highest BCUT2D eigenvalue weighted by Gasteiger charge is 2.22. The minimum absolute atomic E-state index is 0.0179. The summed E-state index contributed by atoms with van der Waals surface area (Å²) in [5, 5.41) is 3.99. The second kappa shape index (κ2) is 6.23. The van der Waals surface area contributed by atoms with Gasteiger partial charge in [0.1, 0.15) is 5.82 Å². The van der Waals surface area contributed by atoms with Crippen LogP contribution in [0.5, 0.6) is 0 Å². The third kappa shape index (κ3) is 5.92. The van der Waals surface area contributed by atoms with Gasteiger partial charge in [-0.25, -0.2) is 4.39 Å². The molecule has 1 N–H and O–H groups in total. The highest BCUT2D eigenvalue weighted by molar-refractivity contribution is 6.31. The maximum atomic E-state index is 13.8. The van der Waals surface area contributed by atoms with Crippen LogP contribution in [0, 0.1) is 11.2 Å². The zero-order valence-electron chi connectivity index (χ0n) is 12.6. The van der Waals surface area contributed by atoms with Gasteiger partial charge in [-0.05, 0) is 57.7 Å². The second-order valence-electron chi connectivity index (χ2n) is 6.97. The van der Waals surface area contributed by atoms with Gasteiger partial charge in [0, 0.05) is 16.1 Å². The van der Waals surface area contributed by atoms with Crippen LogP contribution >= 0.6 is 11.6 Å². The molecular formula is C16H25ClFN. The molecule has 0 saturated heterocycles. The monoisotopic (exact) mass is 285 g/mol. The minimum Gasteiger partial charge on any atom is -0.312 e. The highest BCUT2D eigenvalue weighted by atomic mass is 35.5. The molecule has 1 nitrogen and oxygen atoms in total. The summed E-state index contributed by atoms with van der Waals surface area (Å²) in [6, 6.07) is 4.88. The van der Waals surface area contributed by atoms with Crippen LogP contribution in [-0.2, 0) is 6.42 Å². The zero-order chi connectivity index (χ0) is 14.7. The Morgan fingerprint density at radius 3 is 2.32 bits per heavy atom. The Hall–Kier alpha value is -0.600. The largest absolute Gasteiger partial charge is 0.312 e. The van der Waals surface area contributed by atoms with Crippen molar-refractivity contribution in [2.45, 2.75) is 53.0 Å². The lowest BCUT2D eigenvalue weighted by Crippen LogP contribution is -2.38. The van der Waals surface area contributed by atoms with Crippen molar-refractivity contribution < 1.29 is 4.39 Å². The molecule has 0 atom stereocenters. The van der Waals surface area contributed by atoms with Gasteiger partial charge in [-0.3, -0.25) is 0 Å². The van der Waals surface area contributed by atoms with Gasteiger partial charge in [0.05, 0.1) is 0 Å². The van der Waals surface area contributed by atoms with Crippen LogP contribution < -0.4 is 5.32 Å². The van der Waals surface area contributed by atoms with Crippen molar-refractivity contribution in [3.63, 3.8) is 0 Å². The number of halogens is 2.